The number of carbonyl (C=O) groups is 2. The van der Waals surface area contributed by atoms with E-state index in [1.807, 2.05) is 36.1 Å². The molecule has 29 heavy (non-hydrogen) atoms. The molecule has 2 bridgehead atoms. The van der Waals surface area contributed by atoms with Gasteiger partial charge in [0.05, 0.1) is 25.4 Å². The van der Waals surface area contributed by atoms with E-state index in [9.17, 15) is 9.59 Å². The number of methoxy groups -OCH3 is 1. The molecule has 0 radical (unpaired) electrons. The highest BCUT2D eigenvalue weighted by Gasteiger charge is 2.43. The molecule has 4 rings (SSSR count). The van der Waals surface area contributed by atoms with Crippen molar-refractivity contribution in [1.29, 1.82) is 0 Å². The van der Waals surface area contributed by atoms with Crippen molar-refractivity contribution in [2.75, 3.05) is 7.11 Å². The molecule has 7 nitrogen and oxygen atoms in total. The van der Waals surface area contributed by atoms with Crippen LogP contribution in [0.1, 0.15) is 47.4 Å². The lowest BCUT2D eigenvalue weighted by Gasteiger charge is -2.39. The molecule has 0 aliphatic carbocycles. The third-order valence-electron chi connectivity index (χ3n) is 5.86. The van der Waals surface area contributed by atoms with Crippen molar-refractivity contribution < 1.29 is 14.3 Å². The zero-order valence-corrected chi connectivity index (χ0v) is 16.8. The fraction of sp³-hybridized carbons (Fsp3) is 0.455. The number of fused-ring (bicyclic) bond motifs is 2. The lowest BCUT2D eigenvalue weighted by molar-refractivity contribution is -0.135. The SMILES string of the molecule is COc1cccc(CC(=O)N2[C@@H]3CC[C@H]2CC(NC(=O)c2cnc(C)cn2)C3)c1. The molecular formula is C22H26N4O3. The minimum atomic E-state index is -0.196. The Morgan fingerprint density at radius 2 is 1.93 bits per heavy atom. The van der Waals surface area contributed by atoms with E-state index in [0.717, 1.165) is 42.7 Å². The van der Waals surface area contributed by atoms with Crippen LogP contribution in [0.3, 0.4) is 0 Å². The summed E-state index contributed by atoms with van der Waals surface area (Å²) in [5.74, 6) is 0.719. The van der Waals surface area contributed by atoms with E-state index in [4.69, 9.17) is 4.74 Å². The summed E-state index contributed by atoms with van der Waals surface area (Å²) in [7, 11) is 1.63. The van der Waals surface area contributed by atoms with Crippen LogP contribution in [0.2, 0.25) is 0 Å². The zero-order chi connectivity index (χ0) is 20.4. The topological polar surface area (TPSA) is 84.4 Å². The maximum atomic E-state index is 13.0. The largest absolute Gasteiger partial charge is 0.497 e. The van der Waals surface area contributed by atoms with Gasteiger partial charge in [-0.2, -0.15) is 0 Å². The molecule has 2 amide bonds. The van der Waals surface area contributed by atoms with Gasteiger partial charge in [-0.1, -0.05) is 12.1 Å². The van der Waals surface area contributed by atoms with Gasteiger partial charge in [0, 0.05) is 24.3 Å². The molecule has 2 saturated heterocycles. The summed E-state index contributed by atoms with van der Waals surface area (Å²) in [6, 6.07) is 8.08. The lowest BCUT2D eigenvalue weighted by atomic mass is 9.96. The number of amides is 2. The van der Waals surface area contributed by atoms with Gasteiger partial charge in [-0.15, -0.1) is 0 Å². The molecule has 1 aromatic carbocycles. The monoisotopic (exact) mass is 394 g/mol. The molecule has 2 aliphatic heterocycles. The molecule has 2 aliphatic rings. The predicted molar refractivity (Wildman–Crippen MR) is 108 cm³/mol. The Morgan fingerprint density at radius 1 is 1.17 bits per heavy atom. The van der Waals surface area contributed by atoms with Gasteiger partial charge in [-0.05, 0) is 50.3 Å². The van der Waals surface area contributed by atoms with Crippen molar-refractivity contribution in [2.24, 2.45) is 0 Å². The van der Waals surface area contributed by atoms with Gasteiger partial charge < -0.3 is 15.0 Å². The number of aryl methyl sites for hydroxylation is 1. The van der Waals surface area contributed by atoms with Crippen molar-refractivity contribution in [3.8, 4) is 5.75 Å². The number of nitrogens with zero attached hydrogens (tertiary/aromatic N) is 3. The van der Waals surface area contributed by atoms with Crippen molar-refractivity contribution >= 4 is 11.8 Å². The Morgan fingerprint density at radius 3 is 2.59 bits per heavy atom. The summed E-state index contributed by atoms with van der Waals surface area (Å²) in [6.45, 7) is 1.84. The molecule has 0 spiro atoms. The third-order valence-corrected chi connectivity index (χ3v) is 5.86. The van der Waals surface area contributed by atoms with Crippen molar-refractivity contribution in [2.45, 2.75) is 57.2 Å². The van der Waals surface area contributed by atoms with Gasteiger partial charge in [0.1, 0.15) is 11.4 Å². The van der Waals surface area contributed by atoms with Gasteiger partial charge >= 0.3 is 0 Å². The second-order valence-corrected chi connectivity index (χ2v) is 7.90. The molecule has 2 fully saturated rings. The summed E-state index contributed by atoms with van der Waals surface area (Å²) < 4.78 is 5.26. The summed E-state index contributed by atoms with van der Waals surface area (Å²) in [5.41, 5.74) is 2.07. The van der Waals surface area contributed by atoms with E-state index in [2.05, 4.69) is 15.3 Å². The lowest BCUT2D eigenvalue weighted by Crippen LogP contribution is -2.52. The fourth-order valence-corrected chi connectivity index (χ4v) is 4.52. The van der Waals surface area contributed by atoms with Gasteiger partial charge in [0.15, 0.2) is 0 Å². The number of ether oxygens (including phenoxy) is 1. The highest BCUT2D eigenvalue weighted by molar-refractivity contribution is 5.92. The second kappa shape index (κ2) is 8.19. The summed E-state index contributed by atoms with van der Waals surface area (Å²) in [4.78, 5) is 35.8. The average Bonchev–Trinajstić information content (AvgIpc) is 2.99. The molecular weight excluding hydrogens is 368 g/mol. The number of aromatic nitrogens is 2. The summed E-state index contributed by atoms with van der Waals surface area (Å²) in [5, 5.41) is 3.08. The number of benzene rings is 1. The Balaban J connectivity index is 1.37. The molecule has 0 saturated carbocycles. The molecule has 1 aromatic heterocycles. The van der Waals surface area contributed by atoms with E-state index in [0.29, 0.717) is 12.1 Å². The number of hydrogen-bond donors (Lipinski definition) is 1. The summed E-state index contributed by atoms with van der Waals surface area (Å²) >= 11 is 0. The average molecular weight is 394 g/mol. The number of nitrogens with one attached hydrogen (secondary N) is 1. The normalized spacial score (nSPS) is 23.0. The molecule has 2 aromatic rings. The molecule has 152 valence electrons. The predicted octanol–water partition coefficient (Wildman–Crippen LogP) is 2.29. The Hall–Kier alpha value is -2.96. The quantitative estimate of drug-likeness (QED) is 0.841. The van der Waals surface area contributed by atoms with E-state index >= 15 is 0 Å². The van der Waals surface area contributed by atoms with Crippen LogP contribution in [-0.2, 0) is 11.2 Å². The van der Waals surface area contributed by atoms with Crippen molar-refractivity contribution in [3.05, 3.63) is 53.6 Å². The fourth-order valence-electron chi connectivity index (χ4n) is 4.52. The molecule has 7 heteroatoms. The standard InChI is InChI=1S/C22H26N4O3/c1-14-12-24-20(13-23-14)22(28)25-16-10-17-6-7-18(11-16)26(17)21(27)9-15-4-3-5-19(8-15)29-2/h3-5,8,12-13,16-18H,6-7,9-11H2,1-2H3,(H,25,28)/t16?,17-,18+. The van der Waals surface area contributed by atoms with E-state index in [1.165, 1.54) is 6.20 Å². The Bertz CT molecular complexity index is 885. The molecule has 3 atom stereocenters. The highest BCUT2D eigenvalue weighted by Crippen LogP contribution is 2.36. The van der Waals surface area contributed by atoms with Crippen LogP contribution >= 0.6 is 0 Å². The van der Waals surface area contributed by atoms with Gasteiger partial charge in [-0.25, -0.2) is 4.98 Å². The zero-order valence-electron chi connectivity index (χ0n) is 16.8. The number of carbonyl (C=O) groups excluding carboxylic acids is 2. The minimum Gasteiger partial charge on any atom is -0.497 e. The van der Waals surface area contributed by atoms with E-state index in [-0.39, 0.29) is 29.9 Å². The van der Waals surface area contributed by atoms with Gasteiger partial charge in [0.25, 0.3) is 5.91 Å². The molecule has 3 heterocycles. The Labute approximate surface area is 170 Å². The third kappa shape index (κ3) is 4.23. The maximum Gasteiger partial charge on any atom is 0.271 e. The first-order valence-corrected chi connectivity index (χ1v) is 10.1. The maximum absolute atomic E-state index is 13.0. The van der Waals surface area contributed by atoms with Crippen LogP contribution in [0, 0.1) is 6.92 Å². The van der Waals surface area contributed by atoms with Crippen LogP contribution in [0.15, 0.2) is 36.7 Å². The summed E-state index contributed by atoms with van der Waals surface area (Å²) in [6.07, 6.45) is 7.03. The van der Waals surface area contributed by atoms with E-state index < -0.39 is 0 Å². The second-order valence-electron chi connectivity index (χ2n) is 7.90. The van der Waals surface area contributed by atoms with Crippen molar-refractivity contribution in [1.82, 2.24) is 20.2 Å². The van der Waals surface area contributed by atoms with Gasteiger partial charge in [-0.3, -0.25) is 14.6 Å². The smallest absolute Gasteiger partial charge is 0.271 e. The first-order chi connectivity index (χ1) is 14.0. The molecule has 1 unspecified atom stereocenters. The number of rotatable bonds is 5. The van der Waals surface area contributed by atoms with E-state index in [1.54, 1.807) is 13.3 Å². The first-order valence-electron chi connectivity index (χ1n) is 10.1. The van der Waals surface area contributed by atoms with Gasteiger partial charge in [0.2, 0.25) is 5.91 Å². The van der Waals surface area contributed by atoms with Crippen molar-refractivity contribution in [3.63, 3.8) is 0 Å². The Kier molecular flexibility index (Phi) is 5.47. The highest BCUT2D eigenvalue weighted by atomic mass is 16.5. The van der Waals surface area contributed by atoms with Crippen LogP contribution < -0.4 is 10.1 Å². The molecule has 1 N–H and O–H groups in total. The van der Waals surface area contributed by atoms with Crippen LogP contribution in [-0.4, -0.2) is 51.9 Å². The van der Waals surface area contributed by atoms with Crippen LogP contribution in [0.4, 0.5) is 0 Å². The number of hydrogen-bond acceptors (Lipinski definition) is 5. The van der Waals surface area contributed by atoms with Crippen LogP contribution in [0.25, 0.3) is 0 Å². The minimum absolute atomic E-state index is 0.0592. The first kappa shape index (κ1) is 19.4. The number of piperidine rings is 1. The van der Waals surface area contributed by atoms with Crippen LogP contribution in [0.5, 0.6) is 5.75 Å².